The van der Waals surface area contributed by atoms with Gasteiger partial charge in [-0.3, -0.25) is 0 Å². The Kier molecular flexibility index (Phi) is 1.77. The number of aromatic hydroxyl groups is 1. The lowest BCUT2D eigenvalue weighted by Crippen LogP contribution is -2.21. The molecule has 2 aliphatic rings. The van der Waals surface area contributed by atoms with E-state index in [1.54, 1.807) is 6.07 Å². The fraction of sp³-hybridized carbons (Fsp3) is 0.500. The third-order valence-electron chi connectivity index (χ3n) is 3.26. The molecule has 1 atom stereocenters. The van der Waals surface area contributed by atoms with Crippen LogP contribution < -0.4 is 5.32 Å². The summed E-state index contributed by atoms with van der Waals surface area (Å²) in [6.45, 7) is 0. The lowest BCUT2D eigenvalue weighted by molar-refractivity contribution is 0.469. The summed E-state index contributed by atoms with van der Waals surface area (Å²) in [5.41, 5.74) is 2.47. The highest BCUT2D eigenvalue weighted by molar-refractivity contribution is 5.44. The van der Waals surface area contributed by atoms with Crippen LogP contribution in [0, 0.1) is 0 Å². The van der Waals surface area contributed by atoms with Gasteiger partial charge in [0, 0.05) is 12.1 Å². The Labute approximate surface area is 84.0 Å². The second kappa shape index (κ2) is 2.99. The Balaban J connectivity index is 1.89. The third-order valence-corrected chi connectivity index (χ3v) is 3.26. The molecule has 1 saturated carbocycles. The van der Waals surface area contributed by atoms with Gasteiger partial charge >= 0.3 is 0 Å². The monoisotopic (exact) mass is 189 g/mol. The molecular weight excluding hydrogens is 174 g/mol. The second-order valence-electron chi connectivity index (χ2n) is 4.38. The summed E-state index contributed by atoms with van der Waals surface area (Å²) in [4.78, 5) is 0. The zero-order chi connectivity index (χ0) is 9.54. The molecule has 2 nitrogen and oxygen atoms in total. The van der Waals surface area contributed by atoms with Crippen LogP contribution >= 0.6 is 0 Å². The van der Waals surface area contributed by atoms with Crippen LogP contribution in [0.15, 0.2) is 18.2 Å². The quantitative estimate of drug-likeness (QED) is 0.747. The topological polar surface area (TPSA) is 32.3 Å². The Bertz CT molecular complexity index is 357. The lowest BCUT2D eigenvalue weighted by Gasteiger charge is -2.13. The molecule has 2 aliphatic carbocycles. The van der Waals surface area contributed by atoms with Crippen molar-refractivity contribution in [2.75, 3.05) is 0 Å². The Hall–Kier alpha value is -1.02. The summed E-state index contributed by atoms with van der Waals surface area (Å²) in [5.74, 6) is 0.475. The molecule has 2 heteroatoms. The average Bonchev–Trinajstić information content (AvgIpc) is 2.88. The molecule has 1 aromatic carbocycles. The first-order chi connectivity index (χ1) is 6.84. The minimum Gasteiger partial charge on any atom is -0.508 e. The van der Waals surface area contributed by atoms with Gasteiger partial charge in [-0.2, -0.15) is 0 Å². The predicted molar refractivity (Wildman–Crippen MR) is 55.3 cm³/mol. The second-order valence-corrected chi connectivity index (χ2v) is 4.38. The van der Waals surface area contributed by atoms with Crippen molar-refractivity contribution in [1.82, 2.24) is 5.32 Å². The summed E-state index contributed by atoms with van der Waals surface area (Å²) < 4.78 is 0. The van der Waals surface area contributed by atoms with Gasteiger partial charge in [-0.15, -0.1) is 0 Å². The van der Waals surface area contributed by atoms with Gasteiger partial charge in [-0.25, -0.2) is 0 Å². The van der Waals surface area contributed by atoms with Gasteiger partial charge in [0.25, 0.3) is 0 Å². The molecule has 3 rings (SSSR count). The van der Waals surface area contributed by atoms with E-state index in [0.717, 1.165) is 24.4 Å². The summed E-state index contributed by atoms with van der Waals surface area (Å²) in [6, 6.07) is 7.11. The molecule has 0 amide bonds. The van der Waals surface area contributed by atoms with Gasteiger partial charge in [0.2, 0.25) is 0 Å². The van der Waals surface area contributed by atoms with Crippen molar-refractivity contribution in [1.29, 1.82) is 0 Å². The van der Waals surface area contributed by atoms with Crippen molar-refractivity contribution in [2.24, 2.45) is 0 Å². The molecule has 0 spiro atoms. The normalized spacial score (nSPS) is 25.0. The van der Waals surface area contributed by atoms with E-state index < -0.39 is 0 Å². The zero-order valence-electron chi connectivity index (χ0n) is 8.16. The largest absolute Gasteiger partial charge is 0.508 e. The third kappa shape index (κ3) is 1.30. The highest BCUT2D eigenvalue weighted by Gasteiger charge is 2.30. The maximum atomic E-state index is 9.67. The van der Waals surface area contributed by atoms with Crippen molar-refractivity contribution in [3.05, 3.63) is 29.3 Å². The van der Waals surface area contributed by atoms with Crippen LogP contribution in [0.5, 0.6) is 5.75 Å². The van der Waals surface area contributed by atoms with Crippen molar-refractivity contribution in [3.63, 3.8) is 0 Å². The highest BCUT2D eigenvalue weighted by Crippen LogP contribution is 2.38. The van der Waals surface area contributed by atoms with Crippen LogP contribution in [-0.2, 0) is 6.42 Å². The van der Waals surface area contributed by atoms with Gasteiger partial charge in [-0.1, -0.05) is 12.1 Å². The van der Waals surface area contributed by atoms with Crippen molar-refractivity contribution in [2.45, 2.75) is 37.8 Å². The smallest absolute Gasteiger partial charge is 0.119 e. The first kappa shape index (κ1) is 8.30. The Morgan fingerprint density at radius 3 is 2.86 bits per heavy atom. The van der Waals surface area contributed by atoms with E-state index in [-0.39, 0.29) is 0 Å². The minimum absolute atomic E-state index is 0.475. The molecule has 1 unspecified atom stereocenters. The summed E-state index contributed by atoms with van der Waals surface area (Å²) in [6.07, 6.45) is 4.81. The number of benzene rings is 1. The van der Waals surface area contributed by atoms with E-state index in [9.17, 15) is 5.11 Å². The number of hydrogen-bond acceptors (Lipinski definition) is 2. The van der Waals surface area contributed by atoms with Gasteiger partial charge in [0.05, 0.1) is 0 Å². The molecule has 74 valence electrons. The van der Waals surface area contributed by atoms with E-state index in [0.29, 0.717) is 11.8 Å². The first-order valence-electron chi connectivity index (χ1n) is 5.41. The van der Waals surface area contributed by atoms with E-state index in [2.05, 4.69) is 11.4 Å². The maximum Gasteiger partial charge on any atom is 0.119 e. The number of nitrogens with one attached hydrogen (secondary N) is 1. The van der Waals surface area contributed by atoms with Crippen molar-refractivity contribution in [3.8, 4) is 5.75 Å². The van der Waals surface area contributed by atoms with Gasteiger partial charge < -0.3 is 10.4 Å². The minimum atomic E-state index is 0.475. The fourth-order valence-corrected chi connectivity index (χ4v) is 2.34. The van der Waals surface area contributed by atoms with E-state index in [1.165, 1.54) is 18.4 Å². The summed E-state index contributed by atoms with van der Waals surface area (Å²) in [7, 11) is 0. The van der Waals surface area contributed by atoms with Crippen molar-refractivity contribution < 1.29 is 5.11 Å². The van der Waals surface area contributed by atoms with Crippen LogP contribution in [0.2, 0.25) is 0 Å². The first-order valence-corrected chi connectivity index (χ1v) is 5.41. The van der Waals surface area contributed by atoms with E-state index in [4.69, 9.17) is 0 Å². The molecule has 0 heterocycles. The average molecular weight is 189 g/mol. The number of fused-ring (bicyclic) bond motifs is 1. The fourth-order valence-electron chi connectivity index (χ4n) is 2.34. The van der Waals surface area contributed by atoms with E-state index >= 15 is 0 Å². The van der Waals surface area contributed by atoms with Gasteiger partial charge in [0.15, 0.2) is 0 Å². The predicted octanol–water partition coefficient (Wildman–Crippen LogP) is 2.13. The van der Waals surface area contributed by atoms with Crippen LogP contribution in [0.3, 0.4) is 0 Å². The van der Waals surface area contributed by atoms with Crippen molar-refractivity contribution >= 4 is 0 Å². The molecule has 1 aromatic rings. The molecule has 0 aliphatic heterocycles. The molecule has 0 bridgehead atoms. The molecule has 2 N–H and O–H groups in total. The summed E-state index contributed by atoms with van der Waals surface area (Å²) in [5, 5.41) is 13.3. The van der Waals surface area contributed by atoms with E-state index in [1.807, 2.05) is 6.07 Å². The van der Waals surface area contributed by atoms with Crippen LogP contribution in [0.25, 0.3) is 0 Å². The number of phenolic OH excluding ortho intramolecular Hbond substituents is 1. The maximum absolute atomic E-state index is 9.67. The summed E-state index contributed by atoms with van der Waals surface area (Å²) >= 11 is 0. The zero-order valence-corrected chi connectivity index (χ0v) is 8.16. The Morgan fingerprint density at radius 2 is 2.07 bits per heavy atom. The van der Waals surface area contributed by atoms with Gasteiger partial charge in [0.1, 0.15) is 5.75 Å². The molecular formula is C12H15NO. The number of phenols is 1. The number of hydrogen-bond donors (Lipinski definition) is 2. The number of rotatable bonds is 2. The van der Waals surface area contributed by atoms with Crippen LogP contribution in [0.1, 0.15) is 36.4 Å². The molecule has 0 aromatic heterocycles. The van der Waals surface area contributed by atoms with Gasteiger partial charge in [-0.05, 0) is 42.9 Å². The molecule has 1 fully saturated rings. The highest BCUT2D eigenvalue weighted by atomic mass is 16.3. The van der Waals surface area contributed by atoms with Crippen LogP contribution in [0.4, 0.5) is 0 Å². The Morgan fingerprint density at radius 1 is 1.21 bits per heavy atom. The molecule has 14 heavy (non-hydrogen) atoms. The van der Waals surface area contributed by atoms with Crippen LogP contribution in [-0.4, -0.2) is 11.1 Å². The molecule has 0 saturated heterocycles. The lowest BCUT2D eigenvalue weighted by atomic mass is 10.1. The SMILES string of the molecule is Oc1cccc2c1CCC2NC1CC1. The molecule has 0 radical (unpaired) electrons. The standard InChI is InChI=1S/C12H15NO/c14-12-3-1-2-9-10(12)6-7-11(9)13-8-4-5-8/h1-3,8,11,13-14H,4-7H2.